The van der Waals surface area contributed by atoms with Gasteiger partial charge in [-0.1, -0.05) is 18.2 Å². The fourth-order valence-corrected chi connectivity index (χ4v) is 3.41. The molecule has 2 amide bonds. The minimum atomic E-state index is -0.991. The SMILES string of the molecule is CCN1C(=O)C(NC(=O)c2nn(-c3ccccc3)c(C)cc2=O)COc2cccnc21. The lowest BCUT2D eigenvalue weighted by molar-refractivity contribution is -0.120. The summed E-state index contributed by atoms with van der Waals surface area (Å²) >= 11 is 0. The molecule has 0 aliphatic carbocycles. The zero-order chi connectivity index (χ0) is 22.0. The maximum absolute atomic E-state index is 13.0. The van der Waals surface area contributed by atoms with E-state index in [1.165, 1.54) is 15.6 Å². The van der Waals surface area contributed by atoms with Crippen LogP contribution >= 0.6 is 0 Å². The van der Waals surface area contributed by atoms with Gasteiger partial charge in [-0.15, -0.1) is 0 Å². The van der Waals surface area contributed by atoms with Crippen LogP contribution in [0.25, 0.3) is 5.69 Å². The highest BCUT2D eigenvalue weighted by Gasteiger charge is 2.33. The number of ether oxygens (including phenoxy) is 1. The fraction of sp³-hybridized carbons (Fsp3) is 0.227. The third-order valence-corrected chi connectivity index (χ3v) is 4.92. The van der Waals surface area contributed by atoms with E-state index in [0.717, 1.165) is 0 Å². The highest BCUT2D eigenvalue weighted by Crippen LogP contribution is 2.28. The minimum Gasteiger partial charge on any atom is -0.487 e. The first kappa shape index (κ1) is 20.3. The van der Waals surface area contributed by atoms with Gasteiger partial charge in [-0.25, -0.2) is 9.67 Å². The number of likely N-dealkylation sites (N-methyl/N-ethyl adjacent to an activating group) is 1. The number of anilines is 1. The second-order valence-corrected chi connectivity index (χ2v) is 6.99. The first-order valence-corrected chi connectivity index (χ1v) is 9.86. The number of pyridine rings is 1. The number of nitrogens with zero attached hydrogens (tertiary/aromatic N) is 4. The summed E-state index contributed by atoms with van der Waals surface area (Å²) in [6, 6.07) is 12.9. The fourth-order valence-electron chi connectivity index (χ4n) is 3.41. The van der Waals surface area contributed by atoms with Crippen molar-refractivity contribution in [3.63, 3.8) is 0 Å². The molecule has 9 heteroatoms. The Morgan fingerprint density at radius 1 is 1.19 bits per heavy atom. The van der Waals surface area contributed by atoms with Crippen molar-refractivity contribution in [2.75, 3.05) is 18.1 Å². The van der Waals surface area contributed by atoms with E-state index < -0.39 is 17.4 Å². The van der Waals surface area contributed by atoms with Gasteiger partial charge in [0.05, 0.1) is 5.69 Å². The third-order valence-electron chi connectivity index (χ3n) is 4.92. The van der Waals surface area contributed by atoms with Crippen LogP contribution in [0.5, 0.6) is 5.75 Å². The van der Waals surface area contributed by atoms with E-state index in [1.807, 2.05) is 30.3 Å². The molecule has 3 aromatic rings. The monoisotopic (exact) mass is 419 g/mol. The maximum Gasteiger partial charge on any atom is 0.276 e. The molecule has 0 bridgehead atoms. The summed E-state index contributed by atoms with van der Waals surface area (Å²) in [5.41, 5.74) is 0.466. The second-order valence-electron chi connectivity index (χ2n) is 6.99. The van der Waals surface area contributed by atoms with Gasteiger partial charge in [0, 0.05) is 24.5 Å². The second kappa shape index (κ2) is 8.39. The molecule has 1 unspecified atom stereocenters. The van der Waals surface area contributed by atoms with Crippen LogP contribution in [-0.4, -0.2) is 45.8 Å². The number of fused-ring (bicyclic) bond motifs is 1. The smallest absolute Gasteiger partial charge is 0.276 e. The molecule has 4 rings (SSSR count). The molecule has 0 fully saturated rings. The summed E-state index contributed by atoms with van der Waals surface area (Å²) in [5.74, 6) is -0.267. The number of aryl methyl sites for hydroxylation is 1. The highest BCUT2D eigenvalue weighted by atomic mass is 16.5. The van der Waals surface area contributed by atoms with Crippen LogP contribution in [0, 0.1) is 6.92 Å². The number of carbonyl (C=O) groups is 2. The number of hydrogen-bond acceptors (Lipinski definition) is 6. The molecular weight excluding hydrogens is 398 g/mol. The van der Waals surface area contributed by atoms with Gasteiger partial charge >= 0.3 is 0 Å². The quantitative estimate of drug-likeness (QED) is 0.687. The van der Waals surface area contributed by atoms with Crippen LogP contribution in [0.2, 0.25) is 0 Å². The van der Waals surface area contributed by atoms with Crippen LogP contribution in [0.15, 0.2) is 59.5 Å². The van der Waals surface area contributed by atoms with Crippen molar-refractivity contribution in [2.45, 2.75) is 19.9 Å². The van der Waals surface area contributed by atoms with E-state index in [1.54, 1.807) is 32.2 Å². The summed E-state index contributed by atoms with van der Waals surface area (Å²) in [7, 11) is 0. The number of carbonyl (C=O) groups excluding carboxylic acids is 2. The third kappa shape index (κ3) is 3.89. The molecule has 1 N–H and O–H groups in total. The molecular formula is C22H21N5O4. The zero-order valence-corrected chi connectivity index (χ0v) is 17.1. The summed E-state index contributed by atoms with van der Waals surface area (Å²) in [5, 5.41) is 6.85. The predicted molar refractivity (Wildman–Crippen MR) is 114 cm³/mol. The Labute approximate surface area is 178 Å². The first-order chi connectivity index (χ1) is 15.0. The summed E-state index contributed by atoms with van der Waals surface area (Å²) in [6.07, 6.45) is 1.57. The molecule has 0 radical (unpaired) electrons. The standard InChI is InChI=1S/C22H21N5O4/c1-3-26-20-18(10-7-11-23-20)31-13-16(22(26)30)24-21(29)19-17(28)12-14(2)27(25-19)15-8-5-4-6-9-15/h4-12,16H,3,13H2,1-2H3,(H,24,29). The van der Waals surface area contributed by atoms with Crippen LogP contribution in [0.3, 0.4) is 0 Å². The van der Waals surface area contributed by atoms with E-state index >= 15 is 0 Å². The molecule has 158 valence electrons. The van der Waals surface area contributed by atoms with E-state index in [9.17, 15) is 14.4 Å². The average molecular weight is 419 g/mol. The summed E-state index contributed by atoms with van der Waals surface area (Å²) in [6.45, 7) is 3.80. The summed E-state index contributed by atoms with van der Waals surface area (Å²) < 4.78 is 7.21. The molecule has 0 saturated heterocycles. The Morgan fingerprint density at radius 3 is 2.71 bits per heavy atom. The van der Waals surface area contributed by atoms with Crippen molar-refractivity contribution in [1.82, 2.24) is 20.1 Å². The van der Waals surface area contributed by atoms with E-state index in [2.05, 4.69) is 15.4 Å². The molecule has 1 aliphatic rings. The minimum absolute atomic E-state index is 0.0848. The molecule has 3 heterocycles. The number of para-hydroxylation sites is 1. The van der Waals surface area contributed by atoms with Gasteiger partial charge in [-0.3, -0.25) is 19.3 Å². The Kier molecular flexibility index (Phi) is 5.48. The molecule has 0 saturated carbocycles. The first-order valence-electron chi connectivity index (χ1n) is 9.86. The van der Waals surface area contributed by atoms with Crippen molar-refractivity contribution in [1.29, 1.82) is 0 Å². The summed E-state index contributed by atoms with van der Waals surface area (Å²) in [4.78, 5) is 44.1. The lowest BCUT2D eigenvalue weighted by atomic mass is 10.2. The number of benzene rings is 1. The van der Waals surface area contributed by atoms with Crippen molar-refractivity contribution < 1.29 is 14.3 Å². The lowest BCUT2D eigenvalue weighted by Crippen LogP contribution is -2.51. The molecule has 1 aliphatic heterocycles. The van der Waals surface area contributed by atoms with Crippen LogP contribution in [0.4, 0.5) is 5.82 Å². The number of aromatic nitrogens is 3. The molecule has 31 heavy (non-hydrogen) atoms. The average Bonchev–Trinajstić information content (AvgIpc) is 2.90. The Balaban J connectivity index is 1.63. The van der Waals surface area contributed by atoms with Gasteiger partial charge in [0.1, 0.15) is 12.6 Å². The van der Waals surface area contributed by atoms with Crippen LogP contribution < -0.4 is 20.4 Å². The van der Waals surface area contributed by atoms with Crippen molar-refractivity contribution >= 4 is 17.6 Å². The van der Waals surface area contributed by atoms with Gasteiger partial charge < -0.3 is 10.1 Å². The van der Waals surface area contributed by atoms with Crippen molar-refractivity contribution in [2.24, 2.45) is 0 Å². The highest BCUT2D eigenvalue weighted by molar-refractivity contribution is 6.02. The van der Waals surface area contributed by atoms with E-state index in [-0.39, 0.29) is 18.2 Å². The predicted octanol–water partition coefficient (Wildman–Crippen LogP) is 1.48. The van der Waals surface area contributed by atoms with Gasteiger partial charge in [-0.2, -0.15) is 5.10 Å². The molecule has 9 nitrogen and oxygen atoms in total. The number of amides is 2. The van der Waals surface area contributed by atoms with Crippen LogP contribution in [0.1, 0.15) is 23.1 Å². The molecule has 1 aromatic carbocycles. The number of rotatable bonds is 4. The van der Waals surface area contributed by atoms with Gasteiger partial charge in [0.2, 0.25) is 5.43 Å². The van der Waals surface area contributed by atoms with Gasteiger partial charge in [0.25, 0.3) is 11.8 Å². The normalized spacial score (nSPS) is 15.6. The molecule has 1 atom stereocenters. The van der Waals surface area contributed by atoms with Crippen LogP contribution in [-0.2, 0) is 4.79 Å². The lowest BCUT2D eigenvalue weighted by Gasteiger charge is -2.22. The Bertz CT molecular complexity index is 1190. The molecule has 2 aromatic heterocycles. The number of hydrogen-bond donors (Lipinski definition) is 1. The largest absolute Gasteiger partial charge is 0.487 e. The Morgan fingerprint density at radius 2 is 1.97 bits per heavy atom. The number of nitrogens with one attached hydrogen (secondary N) is 1. The van der Waals surface area contributed by atoms with Gasteiger partial charge in [-0.05, 0) is 38.1 Å². The van der Waals surface area contributed by atoms with Gasteiger partial charge in [0.15, 0.2) is 17.3 Å². The topological polar surface area (TPSA) is 106 Å². The zero-order valence-electron chi connectivity index (χ0n) is 17.1. The molecule has 0 spiro atoms. The van der Waals surface area contributed by atoms with Crippen molar-refractivity contribution in [3.05, 3.63) is 76.3 Å². The van der Waals surface area contributed by atoms with E-state index in [4.69, 9.17) is 4.74 Å². The van der Waals surface area contributed by atoms with E-state index in [0.29, 0.717) is 29.5 Å². The maximum atomic E-state index is 13.0. The van der Waals surface area contributed by atoms with Crippen molar-refractivity contribution in [3.8, 4) is 11.4 Å². The Hall–Kier alpha value is -4.01.